The molecule has 0 aliphatic carbocycles. The van der Waals surface area contributed by atoms with Crippen molar-refractivity contribution in [2.24, 2.45) is 5.92 Å². The Morgan fingerprint density at radius 3 is 2.36 bits per heavy atom. The van der Waals surface area contributed by atoms with Gasteiger partial charge < -0.3 is 14.4 Å². The Bertz CT molecular complexity index is 535. The molecule has 120 valence electrons. The standard InChI is InChI=1S/C17H23NO4/c1-17(2,3)22-16(20)18-11-10-13(15(19)21-4)14(18)12-8-6-5-7-9-12/h5-9,13-14H,10-11H2,1-4H3/t13-,14-/m1/s1. The van der Waals surface area contributed by atoms with Gasteiger partial charge in [0, 0.05) is 6.54 Å². The van der Waals surface area contributed by atoms with Crippen molar-refractivity contribution in [3.63, 3.8) is 0 Å². The van der Waals surface area contributed by atoms with Gasteiger partial charge in [-0.05, 0) is 32.8 Å². The van der Waals surface area contributed by atoms with Crippen LogP contribution in [0.25, 0.3) is 0 Å². The van der Waals surface area contributed by atoms with Crippen LogP contribution < -0.4 is 0 Å². The van der Waals surface area contributed by atoms with Crippen molar-refractivity contribution >= 4 is 12.1 Å². The Balaban J connectivity index is 2.29. The van der Waals surface area contributed by atoms with E-state index in [2.05, 4.69) is 0 Å². The van der Waals surface area contributed by atoms with Gasteiger partial charge in [0.15, 0.2) is 0 Å². The van der Waals surface area contributed by atoms with E-state index in [0.717, 1.165) is 5.56 Å². The monoisotopic (exact) mass is 305 g/mol. The molecule has 1 fully saturated rings. The maximum Gasteiger partial charge on any atom is 0.410 e. The van der Waals surface area contributed by atoms with E-state index in [0.29, 0.717) is 13.0 Å². The molecule has 0 radical (unpaired) electrons. The molecular formula is C17H23NO4. The van der Waals surface area contributed by atoms with Crippen molar-refractivity contribution in [2.75, 3.05) is 13.7 Å². The second-order valence-electron chi connectivity index (χ2n) is 6.45. The van der Waals surface area contributed by atoms with Crippen LogP contribution in [0, 0.1) is 5.92 Å². The average molecular weight is 305 g/mol. The first-order valence-electron chi connectivity index (χ1n) is 7.46. The number of ether oxygens (including phenoxy) is 2. The lowest BCUT2D eigenvalue weighted by Gasteiger charge is -2.30. The zero-order valence-corrected chi connectivity index (χ0v) is 13.5. The first-order chi connectivity index (χ1) is 10.3. The van der Waals surface area contributed by atoms with Gasteiger partial charge in [-0.3, -0.25) is 4.79 Å². The van der Waals surface area contributed by atoms with Gasteiger partial charge in [-0.15, -0.1) is 0 Å². The molecule has 0 unspecified atom stereocenters. The number of rotatable bonds is 2. The maximum atomic E-state index is 12.5. The van der Waals surface area contributed by atoms with E-state index in [9.17, 15) is 9.59 Å². The molecule has 1 aromatic rings. The highest BCUT2D eigenvalue weighted by Gasteiger charge is 2.43. The quantitative estimate of drug-likeness (QED) is 0.788. The highest BCUT2D eigenvalue weighted by molar-refractivity contribution is 5.77. The molecule has 0 N–H and O–H groups in total. The zero-order chi connectivity index (χ0) is 16.3. The van der Waals surface area contributed by atoms with Crippen LogP contribution >= 0.6 is 0 Å². The average Bonchev–Trinajstić information content (AvgIpc) is 2.90. The summed E-state index contributed by atoms with van der Waals surface area (Å²) in [6, 6.07) is 9.20. The van der Waals surface area contributed by atoms with Gasteiger partial charge in [-0.25, -0.2) is 4.79 Å². The third kappa shape index (κ3) is 3.59. The number of hydrogen-bond acceptors (Lipinski definition) is 4. The number of amides is 1. The normalized spacial score (nSPS) is 21.5. The Hall–Kier alpha value is -2.04. The van der Waals surface area contributed by atoms with Crippen molar-refractivity contribution in [3.8, 4) is 0 Å². The van der Waals surface area contributed by atoms with Crippen LogP contribution in [0.3, 0.4) is 0 Å². The van der Waals surface area contributed by atoms with Crippen molar-refractivity contribution in [1.82, 2.24) is 4.90 Å². The summed E-state index contributed by atoms with van der Waals surface area (Å²) in [5.41, 5.74) is 0.350. The van der Waals surface area contributed by atoms with Crippen LogP contribution in [-0.2, 0) is 14.3 Å². The maximum absolute atomic E-state index is 12.5. The summed E-state index contributed by atoms with van der Waals surface area (Å²) >= 11 is 0. The Labute approximate surface area is 131 Å². The van der Waals surface area contributed by atoms with Crippen LogP contribution in [0.5, 0.6) is 0 Å². The third-order valence-electron chi connectivity index (χ3n) is 3.67. The number of benzene rings is 1. The molecule has 1 aliphatic rings. The fraction of sp³-hybridized carbons (Fsp3) is 0.529. The van der Waals surface area contributed by atoms with Crippen LogP contribution in [0.1, 0.15) is 38.8 Å². The van der Waals surface area contributed by atoms with E-state index in [-0.39, 0.29) is 17.9 Å². The lowest BCUT2D eigenvalue weighted by Crippen LogP contribution is -2.38. The lowest BCUT2D eigenvalue weighted by molar-refractivity contribution is -0.146. The van der Waals surface area contributed by atoms with Gasteiger partial charge in [-0.2, -0.15) is 0 Å². The molecule has 0 spiro atoms. The third-order valence-corrected chi connectivity index (χ3v) is 3.67. The van der Waals surface area contributed by atoms with Crippen LogP contribution in [0.2, 0.25) is 0 Å². The molecule has 22 heavy (non-hydrogen) atoms. The molecule has 1 aromatic carbocycles. The molecule has 0 aromatic heterocycles. The number of likely N-dealkylation sites (tertiary alicyclic amines) is 1. The minimum Gasteiger partial charge on any atom is -0.469 e. The van der Waals surface area contributed by atoms with Gasteiger partial charge >= 0.3 is 12.1 Å². The molecule has 0 saturated carbocycles. The second-order valence-corrected chi connectivity index (χ2v) is 6.45. The van der Waals surface area contributed by atoms with Gasteiger partial charge in [0.05, 0.1) is 19.1 Å². The smallest absolute Gasteiger partial charge is 0.410 e. The molecule has 2 rings (SSSR count). The SMILES string of the molecule is COC(=O)[C@@H]1CCN(C(=O)OC(C)(C)C)[C@@H]1c1ccccc1. The molecular weight excluding hydrogens is 282 g/mol. The van der Waals surface area contributed by atoms with Gasteiger partial charge in [0.25, 0.3) is 0 Å². The number of carbonyl (C=O) groups is 2. The molecule has 1 amide bonds. The molecule has 1 aliphatic heterocycles. The fourth-order valence-electron chi connectivity index (χ4n) is 2.78. The van der Waals surface area contributed by atoms with Crippen molar-refractivity contribution in [1.29, 1.82) is 0 Å². The van der Waals surface area contributed by atoms with Crippen molar-refractivity contribution in [3.05, 3.63) is 35.9 Å². The number of hydrogen-bond donors (Lipinski definition) is 0. The summed E-state index contributed by atoms with van der Waals surface area (Å²) in [5, 5.41) is 0. The lowest BCUT2D eigenvalue weighted by atomic mass is 9.94. The Kier molecular flexibility index (Phi) is 4.74. The predicted molar refractivity (Wildman–Crippen MR) is 82.2 cm³/mol. The van der Waals surface area contributed by atoms with Crippen LogP contribution in [0.15, 0.2) is 30.3 Å². The van der Waals surface area contributed by atoms with Crippen LogP contribution in [0.4, 0.5) is 4.79 Å². The van der Waals surface area contributed by atoms with Gasteiger partial charge in [-0.1, -0.05) is 30.3 Å². The van der Waals surface area contributed by atoms with Crippen molar-refractivity contribution in [2.45, 2.75) is 38.8 Å². The van der Waals surface area contributed by atoms with Gasteiger partial charge in [0.2, 0.25) is 0 Å². The van der Waals surface area contributed by atoms with E-state index >= 15 is 0 Å². The number of carbonyl (C=O) groups excluding carboxylic acids is 2. The predicted octanol–water partition coefficient (Wildman–Crippen LogP) is 3.16. The summed E-state index contributed by atoms with van der Waals surface area (Å²) in [7, 11) is 1.38. The highest BCUT2D eigenvalue weighted by atomic mass is 16.6. The molecule has 2 atom stereocenters. The summed E-state index contributed by atoms with van der Waals surface area (Å²) in [6.45, 7) is 5.97. The number of nitrogens with zero attached hydrogens (tertiary/aromatic N) is 1. The summed E-state index contributed by atoms with van der Waals surface area (Å²) < 4.78 is 10.4. The molecule has 0 bridgehead atoms. The fourth-order valence-corrected chi connectivity index (χ4v) is 2.78. The second kappa shape index (κ2) is 6.38. The Morgan fingerprint density at radius 2 is 1.82 bits per heavy atom. The highest BCUT2D eigenvalue weighted by Crippen LogP contribution is 2.38. The number of methoxy groups -OCH3 is 1. The minimum absolute atomic E-state index is 0.292. The number of esters is 1. The van der Waals surface area contributed by atoms with E-state index in [1.54, 1.807) is 4.90 Å². The van der Waals surface area contributed by atoms with Crippen LogP contribution in [-0.4, -0.2) is 36.2 Å². The topological polar surface area (TPSA) is 55.8 Å². The molecule has 5 heteroatoms. The van der Waals surface area contributed by atoms with E-state index in [1.165, 1.54) is 7.11 Å². The van der Waals surface area contributed by atoms with Gasteiger partial charge in [0.1, 0.15) is 5.60 Å². The zero-order valence-electron chi connectivity index (χ0n) is 13.5. The summed E-state index contributed by atoms with van der Waals surface area (Å²) in [4.78, 5) is 26.1. The Morgan fingerprint density at radius 1 is 1.18 bits per heavy atom. The molecule has 1 heterocycles. The first-order valence-corrected chi connectivity index (χ1v) is 7.46. The summed E-state index contributed by atoms with van der Waals surface area (Å²) in [5.74, 6) is -0.653. The largest absolute Gasteiger partial charge is 0.469 e. The van der Waals surface area contributed by atoms with E-state index in [4.69, 9.17) is 9.47 Å². The first kappa shape index (κ1) is 16.3. The molecule has 1 saturated heterocycles. The molecule has 5 nitrogen and oxygen atoms in total. The van der Waals surface area contributed by atoms with E-state index in [1.807, 2.05) is 51.1 Å². The van der Waals surface area contributed by atoms with Crippen molar-refractivity contribution < 1.29 is 19.1 Å². The van der Waals surface area contributed by atoms with E-state index < -0.39 is 11.7 Å². The summed E-state index contributed by atoms with van der Waals surface area (Å²) in [6.07, 6.45) is 0.179. The minimum atomic E-state index is -0.568.